The zero-order chi connectivity index (χ0) is 15.2. The molecule has 3 nitrogen and oxygen atoms in total. The summed E-state index contributed by atoms with van der Waals surface area (Å²) in [5.41, 5.74) is 2.00. The van der Waals surface area contributed by atoms with Gasteiger partial charge in [0.1, 0.15) is 11.4 Å². The molecule has 0 aromatic rings. The van der Waals surface area contributed by atoms with Gasteiger partial charge >= 0.3 is 5.97 Å². The summed E-state index contributed by atoms with van der Waals surface area (Å²) in [6, 6.07) is 0. The molecule has 0 saturated heterocycles. The highest BCUT2D eigenvalue weighted by atomic mass is 16.6. The van der Waals surface area contributed by atoms with E-state index >= 15 is 0 Å². The molecule has 0 spiro atoms. The Hall–Kier alpha value is -1.25. The van der Waals surface area contributed by atoms with Gasteiger partial charge in [0, 0.05) is 0 Å². The van der Waals surface area contributed by atoms with Gasteiger partial charge in [-0.3, -0.25) is 0 Å². The molecule has 0 N–H and O–H groups in total. The number of allylic oxidation sites excluding steroid dienone is 2. The van der Waals surface area contributed by atoms with Crippen molar-refractivity contribution >= 4 is 5.97 Å². The quantitative estimate of drug-likeness (QED) is 0.390. The second-order valence-electron chi connectivity index (χ2n) is 5.76. The summed E-state index contributed by atoms with van der Waals surface area (Å²) in [6.07, 6.45) is 5.98. The van der Waals surface area contributed by atoms with Crippen molar-refractivity contribution < 1.29 is 14.3 Å². The van der Waals surface area contributed by atoms with Gasteiger partial charge in [-0.25, -0.2) is 4.79 Å². The minimum atomic E-state index is -0.279. The van der Waals surface area contributed by atoms with Gasteiger partial charge in [-0.05, 0) is 57.9 Å². The van der Waals surface area contributed by atoms with Crippen molar-refractivity contribution in [1.82, 2.24) is 0 Å². The summed E-state index contributed by atoms with van der Waals surface area (Å²) in [5, 5.41) is 0. The zero-order valence-electron chi connectivity index (χ0n) is 13.4. The molecular formula is C17H28O3. The van der Waals surface area contributed by atoms with Crippen LogP contribution in [-0.2, 0) is 14.3 Å². The van der Waals surface area contributed by atoms with Gasteiger partial charge in [0.25, 0.3) is 0 Å². The molecule has 3 heteroatoms. The van der Waals surface area contributed by atoms with Crippen LogP contribution in [0, 0.1) is 0 Å². The summed E-state index contributed by atoms with van der Waals surface area (Å²) in [4.78, 5) is 11.9. The first-order valence-electron chi connectivity index (χ1n) is 7.64. The normalized spacial score (nSPS) is 16.6. The first-order chi connectivity index (χ1) is 9.44. The lowest BCUT2D eigenvalue weighted by molar-refractivity contribution is -0.163. The zero-order valence-corrected chi connectivity index (χ0v) is 13.4. The molecule has 114 valence electrons. The molecular weight excluding hydrogens is 252 g/mol. The highest BCUT2D eigenvalue weighted by Gasteiger charge is 2.35. The molecule has 0 unspecified atom stereocenters. The van der Waals surface area contributed by atoms with Crippen molar-refractivity contribution in [2.24, 2.45) is 0 Å². The standard InChI is InChI=1S/C17H28O3/c1-6-15(13(3)4)14(5)19-12-16(18)20-17(7-2)10-8-9-11-17/h5-12H2,1-4H3. The lowest BCUT2D eigenvalue weighted by Gasteiger charge is -2.27. The van der Waals surface area contributed by atoms with Crippen LogP contribution in [0.5, 0.6) is 0 Å². The molecule has 1 saturated carbocycles. The first kappa shape index (κ1) is 16.8. The molecule has 0 amide bonds. The number of hydrogen-bond acceptors (Lipinski definition) is 3. The first-order valence-corrected chi connectivity index (χ1v) is 7.64. The maximum Gasteiger partial charge on any atom is 0.344 e. The van der Waals surface area contributed by atoms with Crippen molar-refractivity contribution in [2.45, 2.75) is 71.8 Å². The van der Waals surface area contributed by atoms with E-state index in [2.05, 4.69) is 20.4 Å². The fraction of sp³-hybridized carbons (Fsp3) is 0.706. The predicted octanol–water partition coefficient (Wildman–Crippen LogP) is 4.53. The van der Waals surface area contributed by atoms with E-state index in [4.69, 9.17) is 9.47 Å². The van der Waals surface area contributed by atoms with E-state index < -0.39 is 0 Å². The van der Waals surface area contributed by atoms with Crippen LogP contribution in [0.4, 0.5) is 0 Å². The number of carbonyl (C=O) groups is 1. The fourth-order valence-corrected chi connectivity index (χ4v) is 2.88. The number of rotatable bonds is 7. The number of esters is 1. The van der Waals surface area contributed by atoms with E-state index in [1.807, 2.05) is 13.8 Å². The molecule has 1 aliphatic carbocycles. The second-order valence-corrected chi connectivity index (χ2v) is 5.76. The highest BCUT2D eigenvalue weighted by Crippen LogP contribution is 2.36. The van der Waals surface area contributed by atoms with Crippen molar-refractivity contribution in [3.63, 3.8) is 0 Å². The summed E-state index contributed by atoms with van der Waals surface area (Å²) < 4.78 is 11.1. The van der Waals surface area contributed by atoms with E-state index in [1.54, 1.807) is 0 Å². The Morgan fingerprint density at radius 2 is 1.80 bits per heavy atom. The molecule has 0 atom stereocenters. The molecule has 0 radical (unpaired) electrons. The van der Waals surface area contributed by atoms with E-state index in [0.29, 0.717) is 5.76 Å². The molecule has 0 aromatic heterocycles. The van der Waals surface area contributed by atoms with Crippen LogP contribution < -0.4 is 0 Å². The third-order valence-corrected chi connectivity index (χ3v) is 4.15. The molecule has 1 fully saturated rings. The molecule has 1 aliphatic rings. The highest BCUT2D eigenvalue weighted by molar-refractivity contribution is 5.71. The molecule has 0 aromatic carbocycles. The van der Waals surface area contributed by atoms with Crippen LogP contribution in [-0.4, -0.2) is 18.2 Å². The lowest BCUT2D eigenvalue weighted by Crippen LogP contribution is -2.32. The largest absolute Gasteiger partial charge is 0.482 e. The maximum atomic E-state index is 11.9. The minimum absolute atomic E-state index is 0.0443. The van der Waals surface area contributed by atoms with Gasteiger partial charge < -0.3 is 9.47 Å². The number of ether oxygens (including phenoxy) is 2. The molecule has 0 bridgehead atoms. The van der Waals surface area contributed by atoms with E-state index in [0.717, 1.165) is 44.1 Å². The molecule has 0 aliphatic heterocycles. The third kappa shape index (κ3) is 4.39. The van der Waals surface area contributed by atoms with Crippen LogP contribution in [0.3, 0.4) is 0 Å². The van der Waals surface area contributed by atoms with Crippen molar-refractivity contribution in [1.29, 1.82) is 0 Å². The molecule has 0 heterocycles. The van der Waals surface area contributed by atoms with E-state index in [9.17, 15) is 4.79 Å². The smallest absolute Gasteiger partial charge is 0.344 e. The maximum absolute atomic E-state index is 11.9. The van der Waals surface area contributed by atoms with E-state index in [1.165, 1.54) is 5.57 Å². The SMILES string of the molecule is C=C(OCC(=O)OC1(CC)CCCC1)C(CC)=C(C)C. The van der Waals surface area contributed by atoms with Crippen LogP contribution in [0.25, 0.3) is 0 Å². The average Bonchev–Trinajstić information content (AvgIpc) is 2.86. The Balaban J connectivity index is 2.48. The lowest BCUT2D eigenvalue weighted by atomic mass is 9.99. The number of hydrogen-bond donors (Lipinski definition) is 0. The topological polar surface area (TPSA) is 35.5 Å². The van der Waals surface area contributed by atoms with Crippen molar-refractivity contribution in [3.05, 3.63) is 23.5 Å². The Bertz CT molecular complexity index is 383. The summed E-state index contributed by atoms with van der Waals surface area (Å²) in [5.74, 6) is 0.306. The molecule has 20 heavy (non-hydrogen) atoms. The Morgan fingerprint density at radius 3 is 2.25 bits per heavy atom. The third-order valence-electron chi connectivity index (χ3n) is 4.15. The van der Waals surface area contributed by atoms with Gasteiger partial charge in [-0.2, -0.15) is 0 Å². The second kappa shape index (κ2) is 7.51. The van der Waals surface area contributed by atoms with E-state index in [-0.39, 0.29) is 18.2 Å². The van der Waals surface area contributed by atoms with Crippen LogP contribution in [0.15, 0.2) is 23.5 Å². The predicted molar refractivity (Wildman–Crippen MR) is 81.3 cm³/mol. The van der Waals surface area contributed by atoms with Crippen LogP contribution in [0.1, 0.15) is 66.2 Å². The fourth-order valence-electron chi connectivity index (χ4n) is 2.88. The average molecular weight is 280 g/mol. The Labute approximate surface area is 123 Å². The van der Waals surface area contributed by atoms with Crippen molar-refractivity contribution in [3.8, 4) is 0 Å². The number of carbonyl (C=O) groups excluding carboxylic acids is 1. The van der Waals surface area contributed by atoms with Gasteiger partial charge in [0.2, 0.25) is 0 Å². The summed E-state index contributed by atoms with van der Waals surface area (Å²) >= 11 is 0. The van der Waals surface area contributed by atoms with Gasteiger partial charge in [0.05, 0.1) is 0 Å². The monoisotopic (exact) mass is 280 g/mol. The van der Waals surface area contributed by atoms with Gasteiger partial charge in [-0.15, -0.1) is 0 Å². The van der Waals surface area contributed by atoms with Gasteiger partial charge in [-0.1, -0.05) is 26.0 Å². The Kier molecular flexibility index (Phi) is 6.31. The van der Waals surface area contributed by atoms with Gasteiger partial charge in [0.15, 0.2) is 6.61 Å². The minimum Gasteiger partial charge on any atom is -0.482 e. The molecule has 1 rings (SSSR count). The summed E-state index contributed by atoms with van der Waals surface area (Å²) in [6.45, 7) is 12.0. The van der Waals surface area contributed by atoms with Crippen LogP contribution in [0.2, 0.25) is 0 Å². The Morgan fingerprint density at radius 1 is 1.20 bits per heavy atom. The summed E-state index contributed by atoms with van der Waals surface area (Å²) in [7, 11) is 0. The van der Waals surface area contributed by atoms with Crippen LogP contribution >= 0.6 is 0 Å². The van der Waals surface area contributed by atoms with Crippen molar-refractivity contribution in [2.75, 3.05) is 6.61 Å².